The van der Waals surface area contributed by atoms with Gasteiger partial charge in [0.2, 0.25) is 0 Å². The molecule has 0 saturated heterocycles. The van der Waals surface area contributed by atoms with Crippen LogP contribution in [0.25, 0.3) is 0 Å². The number of carbonyl (C=O) groups is 1. The number of amides is 1. The summed E-state index contributed by atoms with van der Waals surface area (Å²) in [5.41, 5.74) is 1.32. The largest absolute Gasteiger partial charge is 0.497 e. The van der Waals surface area contributed by atoms with Gasteiger partial charge in [0.15, 0.2) is 0 Å². The number of hydrogen-bond donors (Lipinski definition) is 3. The van der Waals surface area contributed by atoms with E-state index in [9.17, 15) is 15.0 Å². The first-order valence-corrected chi connectivity index (χ1v) is 8.44. The zero-order chi connectivity index (χ0) is 18.2. The highest BCUT2D eigenvalue weighted by Crippen LogP contribution is 2.29. The molecule has 0 aromatic heterocycles. The van der Waals surface area contributed by atoms with E-state index in [-0.39, 0.29) is 13.2 Å². The molecule has 2 aromatic carbocycles. The molecular weight excluding hydrogens is 390 g/mol. The number of nitrogens with one attached hydrogen (secondary N) is 1. The molecule has 0 fully saturated rings. The van der Waals surface area contributed by atoms with Crippen LogP contribution in [0.5, 0.6) is 5.75 Å². The monoisotopic (exact) mass is 409 g/mol. The maximum Gasteiger partial charge on any atom is 0.407 e. The van der Waals surface area contributed by atoms with Gasteiger partial charge in [-0.15, -0.1) is 0 Å². The minimum atomic E-state index is -1.20. The van der Waals surface area contributed by atoms with Gasteiger partial charge in [-0.2, -0.15) is 0 Å². The molecule has 0 aliphatic heterocycles. The SMILES string of the molecule is COc1ccc(Br)c(C(O)C(O)CNC(=O)OCc2ccccc2)c1. The van der Waals surface area contributed by atoms with Gasteiger partial charge in [0, 0.05) is 16.6 Å². The highest BCUT2D eigenvalue weighted by molar-refractivity contribution is 9.10. The average Bonchev–Trinajstić information content (AvgIpc) is 2.65. The Labute approximate surface area is 154 Å². The van der Waals surface area contributed by atoms with E-state index in [4.69, 9.17) is 9.47 Å². The molecule has 0 aliphatic rings. The van der Waals surface area contributed by atoms with Crippen LogP contribution in [0.2, 0.25) is 0 Å². The third-order valence-electron chi connectivity index (χ3n) is 3.55. The van der Waals surface area contributed by atoms with E-state index in [0.717, 1.165) is 5.56 Å². The molecule has 2 aromatic rings. The number of methoxy groups -OCH3 is 1. The van der Waals surface area contributed by atoms with Crippen LogP contribution in [-0.4, -0.2) is 36.1 Å². The lowest BCUT2D eigenvalue weighted by Crippen LogP contribution is -2.35. The zero-order valence-corrected chi connectivity index (χ0v) is 15.3. The van der Waals surface area contributed by atoms with E-state index < -0.39 is 18.3 Å². The molecular formula is C18H20BrNO5. The van der Waals surface area contributed by atoms with Crippen LogP contribution in [0.4, 0.5) is 4.79 Å². The fourth-order valence-corrected chi connectivity index (χ4v) is 2.64. The first-order chi connectivity index (χ1) is 12.0. The maximum absolute atomic E-state index is 11.7. The summed E-state index contributed by atoms with van der Waals surface area (Å²) in [4.78, 5) is 11.7. The van der Waals surface area contributed by atoms with Crippen molar-refractivity contribution in [2.75, 3.05) is 13.7 Å². The first kappa shape index (κ1) is 19.2. The van der Waals surface area contributed by atoms with Crippen LogP contribution >= 0.6 is 15.9 Å². The van der Waals surface area contributed by atoms with Crippen LogP contribution in [0.15, 0.2) is 53.0 Å². The second kappa shape index (κ2) is 9.41. The van der Waals surface area contributed by atoms with Gasteiger partial charge in [-0.25, -0.2) is 4.79 Å². The van der Waals surface area contributed by atoms with Crippen molar-refractivity contribution >= 4 is 22.0 Å². The Morgan fingerprint density at radius 1 is 1.20 bits per heavy atom. The van der Waals surface area contributed by atoms with Gasteiger partial charge in [0.05, 0.1) is 7.11 Å². The van der Waals surface area contributed by atoms with Crippen molar-refractivity contribution < 1.29 is 24.5 Å². The standard InChI is InChI=1S/C18H20BrNO5/c1-24-13-7-8-15(19)14(9-13)17(22)16(21)10-20-18(23)25-11-12-5-3-2-4-6-12/h2-9,16-17,21-22H,10-11H2,1H3,(H,20,23). The fourth-order valence-electron chi connectivity index (χ4n) is 2.16. The molecule has 2 atom stereocenters. The van der Waals surface area contributed by atoms with E-state index in [1.54, 1.807) is 18.2 Å². The van der Waals surface area contributed by atoms with Gasteiger partial charge in [0.1, 0.15) is 24.6 Å². The molecule has 1 amide bonds. The van der Waals surface area contributed by atoms with E-state index in [1.807, 2.05) is 30.3 Å². The Bertz CT molecular complexity index is 695. The predicted octanol–water partition coefficient (Wildman–Crippen LogP) is 2.78. The summed E-state index contributed by atoms with van der Waals surface area (Å²) in [7, 11) is 1.51. The average molecular weight is 410 g/mol. The summed E-state index contributed by atoms with van der Waals surface area (Å²) in [5, 5.41) is 22.8. The molecule has 0 spiro atoms. The van der Waals surface area contributed by atoms with Crippen LogP contribution < -0.4 is 10.1 Å². The third-order valence-corrected chi connectivity index (χ3v) is 4.28. The normalized spacial score (nSPS) is 13.0. The Morgan fingerprint density at radius 3 is 2.60 bits per heavy atom. The number of halogens is 1. The second-order valence-electron chi connectivity index (χ2n) is 5.34. The van der Waals surface area contributed by atoms with Crippen LogP contribution in [-0.2, 0) is 11.3 Å². The highest BCUT2D eigenvalue weighted by Gasteiger charge is 2.22. The van der Waals surface area contributed by atoms with Gasteiger partial charge in [0.25, 0.3) is 0 Å². The minimum absolute atomic E-state index is 0.132. The number of aliphatic hydroxyl groups excluding tert-OH is 2. The third kappa shape index (κ3) is 5.74. The topological polar surface area (TPSA) is 88.0 Å². The van der Waals surface area contributed by atoms with Gasteiger partial charge in [-0.3, -0.25) is 0 Å². The number of ether oxygens (including phenoxy) is 2. The highest BCUT2D eigenvalue weighted by atomic mass is 79.9. The summed E-state index contributed by atoms with van der Waals surface area (Å²) < 4.78 is 10.8. The molecule has 3 N–H and O–H groups in total. The number of carbonyl (C=O) groups excluding carboxylic acids is 1. The van der Waals surface area contributed by atoms with Gasteiger partial charge in [-0.05, 0) is 23.8 Å². The van der Waals surface area contributed by atoms with Crippen molar-refractivity contribution in [2.45, 2.75) is 18.8 Å². The summed E-state index contributed by atoms with van der Waals surface area (Å²) in [6.07, 6.45) is -3.06. The Kier molecular flexibility index (Phi) is 7.24. The van der Waals surface area contributed by atoms with E-state index in [1.165, 1.54) is 7.11 Å². The van der Waals surface area contributed by atoms with Gasteiger partial charge < -0.3 is 25.0 Å². The number of alkyl carbamates (subject to hydrolysis) is 1. The van der Waals surface area contributed by atoms with Crippen molar-refractivity contribution in [2.24, 2.45) is 0 Å². The molecule has 0 radical (unpaired) electrons. The van der Waals surface area contributed by atoms with Crippen molar-refractivity contribution in [1.82, 2.24) is 5.32 Å². The minimum Gasteiger partial charge on any atom is -0.497 e. The van der Waals surface area contributed by atoms with Crippen LogP contribution in [0.3, 0.4) is 0 Å². The Morgan fingerprint density at radius 2 is 1.92 bits per heavy atom. The van der Waals surface area contributed by atoms with Crippen molar-refractivity contribution in [3.8, 4) is 5.75 Å². The molecule has 2 unspecified atom stereocenters. The van der Waals surface area contributed by atoms with Crippen molar-refractivity contribution in [1.29, 1.82) is 0 Å². The van der Waals surface area contributed by atoms with Crippen molar-refractivity contribution in [3.63, 3.8) is 0 Å². The molecule has 134 valence electrons. The molecule has 0 aliphatic carbocycles. The number of rotatable bonds is 7. The molecule has 6 nitrogen and oxygen atoms in total. The molecule has 0 bridgehead atoms. The van der Waals surface area contributed by atoms with Crippen LogP contribution in [0, 0.1) is 0 Å². The zero-order valence-electron chi connectivity index (χ0n) is 13.7. The number of benzene rings is 2. The van der Waals surface area contributed by atoms with E-state index in [0.29, 0.717) is 15.8 Å². The predicted molar refractivity (Wildman–Crippen MR) is 96.3 cm³/mol. The summed E-state index contributed by atoms with van der Waals surface area (Å²) >= 11 is 3.32. The second-order valence-corrected chi connectivity index (χ2v) is 6.20. The summed E-state index contributed by atoms with van der Waals surface area (Å²) in [6, 6.07) is 14.3. The lowest BCUT2D eigenvalue weighted by molar-refractivity contribution is 0.0179. The van der Waals surface area contributed by atoms with Gasteiger partial charge in [-0.1, -0.05) is 46.3 Å². The summed E-state index contributed by atoms with van der Waals surface area (Å²) in [5.74, 6) is 0.555. The van der Waals surface area contributed by atoms with Crippen molar-refractivity contribution in [3.05, 3.63) is 64.1 Å². The number of aliphatic hydroxyl groups is 2. The molecule has 0 heterocycles. The van der Waals surface area contributed by atoms with E-state index in [2.05, 4.69) is 21.2 Å². The molecule has 2 rings (SSSR count). The lowest BCUT2D eigenvalue weighted by atomic mass is 10.0. The maximum atomic E-state index is 11.7. The fraction of sp³-hybridized carbons (Fsp3) is 0.278. The number of hydrogen-bond acceptors (Lipinski definition) is 5. The molecule has 7 heteroatoms. The van der Waals surface area contributed by atoms with E-state index >= 15 is 0 Å². The first-order valence-electron chi connectivity index (χ1n) is 7.65. The quantitative estimate of drug-likeness (QED) is 0.654. The van der Waals surface area contributed by atoms with Crippen LogP contribution in [0.1, 0.15) is 17.2 Å². The molecule has 0 saturated carbocycles. The smallest absolute Gasteiger partial charge is 0.407 e. The Hall–Kier alpha value is -2.09. The van der Waals surface area contributed by atoms with Gasteiger partial charge >= 0.3 is 6.09 Å². The summed E-state index contributed by atoms with van der Waals surface area (Å²) in [6.45, 7) is -0.0226. The Balaban J connectivity index is 1.84. The molecule has 25 heavy (non-hydrogen) atoms. The lowest BCUT2D eigenvalue weighted by Gasteiger charge is -2.20.